The van der Waals surface area contributed by atoms with Crippen LogP contribution in [0.2, 0.25) is 15.1 Å². The molecule has 36 heavy (non-hydrogen) atoms. The van der Waals surface area contributed by atoms with Crippen molar-refractivity contribution < 1.29 is 26.8 Å². The van der Waals surface area contributed by atoms with Gasteiger partial charge in [0.1, 0.15) is 17.1 Å². The monoisotopic (exact) mass is 580 g/mol. The van der Waals surface area contributed by atoms with E-state index in [1.54, 1.807) is 24.3 Å². The molecule has 0 radical (unpaired) electrons. The maximum Gasteiger partial charge on any atom is 0.255 e. The highest BCUT2D eigenvalue weighted by atomic mass is 35.5. The van der Waals surface area contributed by atoms with Crippen LogP contribution in [0.1, 0.15) is 5.56 Å². The van der Waals surface area contributed by atoms with Crippen LogP contribution in [-0.2, 0) is 26.0 Å². The third-order valence-electron chi connectivity index (χ3n) is 6.10. The van der Waals surface area contributed by atoms with Crippen molar-refractivity contribution in [2.45, 2.75) is 36.0 Å². The molecular formula is C22H21Cl3F2N4O4S. The Balaban J connectivity index is 1.79. The number of halogens is 5. The third-order valence-corrected chi connectivity index (χ3v) is 8.93. The van der Waals surface area contributed by atoms with Gasteiger partial charge in [-0.15, -0.1) is 0 Å². The van der Waals surface area contributed by atoms with Crippen LogP contribution >= 0.6 is 34.8 Å². The quantitative estimate of drug-likeness (QED) is 0.565. The van der Waals surface area contributed by atoms with Crippen molar-refractivity contribution in [2.24, 2.45) is 5.73 Å². The molecule has 14 heteroatoms. The molecule has 0 saturated carbocycles. The molecule has 4 rings (SSSR count). The molecule has 2 aromatic carbocycles. The number of sulfonamides is 1. The van der Waals surface area contributed by atoms with Crippen molar-refractivity contribution in [2.75, 3.05) is 19.6 Å². The van der Waals surface area contributed by atoms with Gasteiger partial charge < -0.3 is 15.5 Å². The number of amides is 2. The van der Waals surface area contributed by atoms with Gasteiger partial charge in [0.05, 0.1) is 24.2 Å². The van der Waals surface area contributed by atoms with Gasteiger partial charge in [-0.2, -0.15) is 4.31 Å². The maximum absolute atomic E-state index is 13.7. The van der Waals surface area contributed by atoms with Gasteiger partial charge >= 0.3 is 0 Å². The number of benzene rings is 2. The van der Waals surface area contributed by atoms with Gasteiger partial charge in [0.25, 0.3) is 6.43 Å². The summed E-state index contributed by atoms with van der Waals surface area (Å²) in [6.45, 7) is -1.80. The highest BCUT2D eigenvalue weighted by Crippen LogP contribution is 2.34. The van der Waals surface area contributed by atoms with E-state index >= 15 is 0 Å². The molecule has 2 aliphatic rings. The van der Waals surface area contributed by atoms with Crippen LogP contribution in [0.25, 0.3) is 0 Å². The van der Waals surface area contributed by atoms with Crippen LogP contribution in [0, 0.1) is 0 Å². The molecule has 3 unspecified atom stereocenters. The highest BCUT2D eigenvalue weighted by molar-refractivity contribution is 7.89. The van der Waals surface area contributed by atoms with E-state index in [-0.39, 0.29) is 21.4 Å². The Morgan fingerprint density at radius 1 is 0.972 bits per heavy atom. The van der Waals surface area contributed by atoms with Crippen LogP contribution in [0.5, 0.6) is 0 Å². The molecule has 194 valence electrons. The zero-order valence-electron chi connectivity index (χ0n) is 18.5. The van der Waals surface area contributed by atoms with Crippen molar-refractivity contribution in [1.82, 2.24) is 14.1 Å². The maximum atomic E-state index is 13.7. The Hall–Kier alpha value is -2.02. The van der Waals surface area contributed by atoms with E-state index in [9.17, 15) is 26.8 Å². The van der Waals surface area contributed by atoms with E-state index in [2.05, 4.69) is 0 Å². The Kier molecular flexibility index (Phi) is 7.80. The summed E-state index contributed by atoms with van der Waals surface area (Å²) in [6, 6.07) is 7.68. The molecule has 2 amide bonds. The molecule has 3 atom stereocenters. The lowest BCUT2D eigenvalue weighted by atomic mass is 9.97. The molecule has 2 aliphatic heterocycles. The Labute approximate surface area is 221 Å². The first kappa shape index (κ1) is 27.0. The third kappa shape index (κ3) is 5.18. The lowest BCUT2D eigenvalue weighted by molar-refractivity contribution is -0.167. The fraction of sp³-hybridized carbons (Fsp3) is 0.364. The number of piperazine rings is 1. The van der Waals surface area contributed by atoms with Crippen molar-refractivity contribution in [3.05, 3.63) is 63.1 Å². The standard InChI is InChI=1S/C22H21Cl3F2N4O4S/c23-13-3-1-12(2-4-13)7-17-22(33)29(10-19(26)27)11-20-30(9-16(28)21(32)31(17)20)36(34,35)18-6-5-14(24)8-15(18)25/h1-6,8,16-17,19-20H,7,9-11,28H2. The van der Waals surface area contributed by atoms with E-state index in [0.717, 1.165) is 14.1 Å². The Bertz CT molecular complexity index is 1280. The van der Waals surface area contributed by atoms with E-state index in [1.807, 2.05) is 0 Å². The van der Waals surface area contributed by atoms with Gasteiger partial charge in [0.2, 0.25) is 21.8 Å². The van der Waals surface area contributed by atoms with Gasteiger partial charge in [-0.05, 0) is 35.9 Å². The first-order valence-electron chi connectivity index (χ1n) is 10.8. The second kappa shape index (κ2) is 10.4. The molecule has 2 fully saturated rings. The first-order chi connectivity index (χ1) is 16.9. The summed E-state index contributed by atoms with van der Waals surface area (Å²) in [5.41, 5.74) is 6.63. The molecule has 8 nitrogen and oxygen atoms in total. The lowest BCUT2D eigenvalue weighted by Gasteiger charge is -2.52. The number of rotatable bonds is 6. The number of hydrogen-bond acceptors (Lipinski definition) is 5. The summed E-state index contributed by atoms with van der Waals surface area (Å²) in [5, 5.41) is 0.494. The fourth-order valence-corrected chi connectivity index (χ4v) is 6.93. The summed E-state index contributed by atoms with van der Waals surface area (Å²) in [6.07, 6.45) is -4.20. The minimum absolute atomic E-state index is 0.0553. The molecular weight excluding hydrogens is 561 g/mol. The second-order valence-corrected chi connectivity index (χ2v) is 11.6. The molecule has 0 aromatic heterocycles. The summed E-state index contributed by atoms with van der Waals surface area (Å²) < 4.78 is 55.0. The van der Waals surface area contributed by atoms with Gasteiger partial charge in [0, 0.05) is 23.0 Å². The number of hydrogen-bond donors (Lipinski definition) is 1. The van der Waals surface area contributed by atoms with E-state index in [4.69, 9.17) is 40.5 Å². The lowest BCUT2D eigenvalue weighted by Crippen LogP contribution is -2.75. The molecule has 2 heterocycles. The second-order valence-electron chi connectivity index (χ2n) is 8.46. The molecule has 2 N–H and O–H groups in total. The van der Waals surface area contributed by atoms with E-state index in [0.29, 0.717) is 10.6 Å². The molecule has 2 saturated heterocycles. The molecule has 0 bridgehead atoms. The average molecular weight is 582 g/mol. The summed E-state index contributed by atoms with van der Waals surface area (Å²) in [7, 11) is -4.38. The van der Waals surface area contributed by atoms with Gasteiger partial charge in [-0.1, -0.05) is 46.9 Å². The number of alkyl halides is 2. The number of nitrogens with zero attached hydrogens (tertiary/aromatic N) is 3. The molecule has 0 aliphatic carbocycles. The zero-order chi connectivity index (χ0) is 26.4. The fourth-order valence-electron chi connectivity index (χ4n) is 4.46. The average Bonchev–Trinajstić information content (AvgIpc) is 2.79. The largest absolute Gasteiger partial charge is 0.332 e. The van der Waals surface area contributed by atoms with Crippen molar-refractivity contribution in [3.63, 3.8) is 0 Å². The smallest absolute Gasteiger partial charge is 0.255 e. The van der Waals surface area contributed by atoms with Crippen LogP contribution < -0.4 is 5.73 Å². The number of carbonyl (C=O) groups excluding carboxylic acids is 2. The Morgan fingerprint density at radius 3 is 2.22 bits per heavy atom. The first-order valence-corrected chi connectivity index (χ1v) is 13.3. The van der Waals surface area contributed by atoms with Crippen LogP contribution in [0.4, 0.5) is 8.78 Å². The zero-order valence-corrected chi connectivity index (χ0v) is 21.6. The SMILES string of the molecule is NC1CN(S(=O)(=O)c2ccc(Cl)cc2Cl)C2CN(CC(F)F)C(=O)C(Cc3ccc(Cl)cc3)N2C1=O. The topological polar surface area (TPSA) is 104 Å². The van der Waals surface area contributed by atoms with Crippen LogP contribution in [0.3, 0.4) is 0 Å². The van der Waals surface area contributed by atoms with Crippen molar-refractivity contribution in [1.29, 1.82) is 0 Å². The van der Waals surface area contributed by atoms with Gasteiger partial charge in [-0.25, -0.2) is 17.2 Å². The minimum atomic E-state index is -4.38. The number of carbonyl (C=O) groups is 2. The van der Waals surface area contributed by atoms with Crippen LogP contribution in [0.15, 0.2) is 47.4 Å². The summed E-state index contributed by atoms with van der Waals surface area (Å²) >= 11 is 18.0. The molecule has 0 spiro atoms. The van der Waals surface area contributed by atoms with Crippen molar-refractivity contribution in [3.8, 4) is 0 Å². The minimum Gasteiger partial charge on any atom is -0.332 e. The normalized spacial score (nSPS) is 23.4. The predicted molar refractivity (Wildman–Crippen MR) is 130 cm³/mol. The van der Waals surface area contributed by atoms with Crippen molar-refractivity contribution >= 4 is 56.6 Å². The Morgan fingerprint density at radius 2 is 1.61 bits per heavy atom. The highest BCUT2D eigenvalue weighted by Gasteiger charge is 2.53. The van der Waals surface area contributed by atoms with Gasteiger partial charge in [0.15, 0.2) is 0 Å². The van der Waals surface area contributed by atoms with Gasteiger partial charge in [-0.3, -0.25) is 9.59 Å². The number of nitrogens with two attached hydrogens (primary N) is 1. The van der Waals surface area contributed by atoms with E-state index < -0.39 is 66.1 Å². The summed E-state index contributed by atoms with van der Waals surface area (Å²) in [5.74, 6) is -1.39. The van der Waals surface area contributed by atoms with E-state index in [1.165, 1.54) is 18.2 Å². The summed E-state index contributed by atoms with van der Waals surface area (Å²) in [4.78, 5) is 28.2. The predicted octanol–water partition coefficient (Wildman–Crippen LogP) is 2.85. The van der Waals surface area contributed by atoms with Crippen LogP contribution in [-0.4, -0.2) is 78.6 Å². The molecule has 2 aromatic rings. The number of fused-ring (bicyclic) bond motifs is 1.